The maximum atomic E-state index is 11.8. The van der Waals surface area contributed by atoms with Gasteiger partial charge in [-0.2, -0.15) is 0 Å². The summed E-state index contributed by atoms with van der Waals surface area (Å²) in [5.74, 6) is 0.653. The molecule has 1 amide bonds. The molecule has 1 aromatic rings. The molecule has 0 unspecified atom stereocenters. The summed E-state index contributed by atoms with van der Waals surface area (Å²) in [6, 6.07) is 4.37. The van der Waals surface area contributed by atoms with Gasteiger partial charge in [0.25, 0.3) is 0 Å². The summed E-state index contributed by atoms with van der Waals surface area (Å²) in [6.07, 6.45) is 8.43. The van der Waals surface area contributed by atoms with Crippen molar-refractivity contribution in [2.45, 2.75) is 38.6 Å². The molecular weight excluding hydrogens is 230 g/mol. The number of amides is 1. The molecule has 92 valence electrons. The van der Waals surface area contributed by atoms with Crippen LogP contribution in [0, 0.1) is 5.92 Å². The molecule has 0 bridgehead atoms. The van der Waals surface area contributed by atoms with E-state index in [0.717, 1.165) is 11.3 Å². The lowest BCUT2D eigenvalue weighted by Crippen LogP contribution is -2.40. The molecule has 2 rings (SSSR count). The van der Waals surface area contributed by atoms with Crippen molar-refractivity contribution >= 4 is 23.3 Å². The Morgan fingerprint density at radius 1 is 1.47 bits per heavy atom. The first-order valence-corrected chi connectivity index (χ1v) is 7.16. The molecule has 1 aliphatic rings. The van der Waals surface area contributed by atoms with Gasteiger partial charge < -0.3 is 5.32 Å². The van der Waals surface area contributed by atoms with Gasteiger partial charge in [-0.25, -0.2) is 0 Å². The summed E-state index contributed by atoms with van der Waals surface area (Å²) in [7, 11) is 0. The Bertz CT molecular complexity index is 383. The Hall–Kier alpha value is -1.09. The fourth-order valence-corrected chi connectivity index (χ4v) is 2.92. The van der Waals surface area contributed by atoms with Crippen molar-refractivity contribution in [1.82, 2.24) is 5.32 Å². The van der Waals surface area contributed by atoms with Crippen LogP contribution in [-0.2, 0) is 4.79 Å². The molecule has 1 fully saturated rings. The van der Waals surface area contributed by atoms with E-state index in [1.807, 2.05) is 23.6 Å². The van der Waals surface area contributed by atoms with E-state index in [9.17, 15) is 4.79 Å². The molecule has 1 N–H and O–H groups in total. The van der Waals surface area contributed by atoms with Gasteiger partial charge in [0.15, 0.2) is 0 Å². The van der Waals surface area contributed by atoms with Crippen LogP contribution in [0.3, 0.4) is 0 Å². The fraction of sp³-hybridized carbons (Fsp3) is 0.500. The number of hydrogen-bond acceptors (Lipinski definition) is 2. The topological polar surface area (TPSA) is 29.1 Å². The first-order valence-electron chi connectivity index (χ1n) is 6.28. The molecule has 0 saturated heterocycles. The van der Waals surface area contributed by atoms with Crippen LogP contribution in [0.4, 0.5) is 0 Å². The highest BCUT2D eigenvalue weighted by Crippen LogP contribution is 2.23. The van der Waals surface area contributed by atoms with Crippen molar-refractivity contribution in [2.24, 2.45) is 5.92 Å². The largest absolute Gasteiger partial charge is 0.350 e. The highest BCUT2D eigenvalue weighted by atomic mass is 32.1. The fourth-order valence-electron chi connectivity index (χ4n) is 2.31. The SMILES string of the molecule is C[C@H]1CCCC[C@@H]1NC(=O)/C=C/c1cccs1. The lowest BCUT2D eigenvalue weighted by Gasteiger charge is -2.29. The maximum Gasteiger partial charge on any atom is 0.244 e. The molecule has 3 heteroatoms. The first-order chi connectivity index (χ1) is 8.25. The van der Waals surface area contributed by atoms with E-state index in [2.05, 4.69) is 12.2 Å². The van der Waals surface area contributed by atoms with Crippen molar-refractivity contribution in [2.75, 3.05) is 0 Å². The number of carbonyl (C=O) groups is 1. The highest BCUT2D eigenvalue weighted by molar-refractivity contribution is 7.10. The molecule has 0 radical (unpaired) electrons. The Balaban J connectivity index is 1.84. The van der Waals surface area contributed by atoms with E-state index in [-0.39, 0.29) is 5.91 Å². The van der Waals surface area contributed by atoms with Crippen LogP contribution in [0.1, 0.15) is 37.5 Å². The summed E-state index contributed by atoms with van der Waals surface area (Å²) in [6.45, 7) is 2.23. The average molecular weight is 249 g/mol. The number of nitrogens with one attached hydrogen (secondary N) is 1. The monoisotopic (exact) mass is 249 g/mol. The average Bonchev–Trinajstić information content (AvgIpc) is 2.82. The number of rotatable bonds is 3. The van der Waals surface area contributed by atoms with E-state index in [0.29, 0.717) is 12.0 Å². The number of thiophene rings is 1. The summed E-state index contributed by atoms with van der Waals surface area (Å²) in [4.78, 5) is 12.9. The van der Waals surface area contributed by atoms with Crippen LogP contribution in [-0.4, -0.2) is 11.9 Å². The van der Waals surface area contributed by atoms with Crippen LogP contribution in [0.25, 0.3) is 6.08 Å². The van der Waals surface area contributed by atoms with Gasteiger partial charge >= 0.3 is 0 Å². The summed E-state index contributed by atoms with van der Waals surface area (Å²) in [5, 5.41) is 5.12. The molecule has 1 aliphatic carbocycles. The summed E-state index contributed by atoms with van der Waals surface area (Å²) < 4.78 is 0. The molecular formula is C14H19NOS. The molecule has 0 aliphatic heterocycles. The Labute approximate surface area is 107 Å². The third-order valence-corrected chi connectivity index (χ3v) is 4.22. The predicted octanol–water partition coefficient (Wildman–Crippen LogP) is 3.46. The van der Waals surface area contributed by atoms with Gasteiger partial charge in [0.1, 0.15) is 0 Å². The Morgan fingerprint density at radius 3 is 3.00 bits per heavy atom. The van der Waals surface area contributed by atoms with Gasteiger partial charge in [0, 0.05) is 17.0 Å². The molecule has 1 saturated carbocycles. The Morgan fingerprint density at radius 2 is 2.29 bits per heavy atom. The van der Waals surface area contributed by atoms with Gasteiger partial charge in [-0.15, -0.1) is 11.3 Å². The molecule has 2 nitrogen and oxygen atoms in total. The van der Waals surface area contributed by atoms with E-state index in [4.69, 9.17) is 0 Å². The molecule has 1 aromatic heterocycles. The van der Waals surface area contributed by atoms with Crippen LogP contribution in [0.2, 0.25) is 0 Å². The quantitative estimate of drug-likeness (QED) is 0.817. The van der Waals surface area contributed by atoms with Crippen molar-refractivity contribution in [3.8, 4) is 0 Å². The lowest BCUT2D eigenvalue weighted by atomic mass is 9.86. The standard InChI is InChI=1S/C14H19NOS/c1-11-5-2-3-7-13(11)15-14(16)9-8-12-6-4-10-17-12/h4,6,8-11,13H,2-3,5,7H2,1H3,(H,15,16)/b9-8+/t11-,13-/m0/s1. The zero-order chi connectivity index (χ0) is 12.1. The van der Waals surface area contributed by atoms with Gasteiger partial charge in [-0.05, 0) is 36.3 Å². The first kappa shape index (κ1) is 12.4. The van der Waals surface area contributed by atoms with Gasteiger partial charge in [0.2, 0.25) is 5.91 Å². The van der Waals surface area contributed by atoms with Gasteiger partial charge in [-0.3, -0.25) is 4.79 Å². The van der Waals surface area contributed by atoms with Crippen LogP contribution >= 0.6 is 11.3 Å². The minimum atomic E-state index is 0.0390. The van der Waals surface area contributed by atoms with Crippen molar-refractivity contribution in [3.05, 3.63) is 28.5 Å². The minimum Gasteiger partial charge on any atom is -0.350 e. The number of hydrogen-bond donors (Lipinski definition) is 1. The zero-order valence-electron chi connectivity index (χ0n) is 10.2. The molecule has 0 aromatic carbocycles. The van der Waals surface area contributed by atoms with E-state index >= 15 is 0 Å². The number of carbonyl (C=O) groups excluding carboxylic acids is 1. The summed E-state index contributed by atoms with van der Waals surface area (Å²) >= 11 is 1.64. The molecule has 2 atom stereocenters. The van der Waals surface area contributed by atoms with Crippen LogP contribution in [0.5, 0.6) is 0 Å². The van der Waals surface area contributed by atoms with Gasteiger partial charge in [0.05, 0.1) is 0 Å². The van der Waals surface area contributed by atoms with Crippen molar-refractivity contribution < 1.29 is 4.79 Å². The van der Waals surface area contributed by atoms with Crippen LogP contribution in [0.15, 0.2) is 23.6 Å². The second-order valence-corrected chi connectivity index (χ2v) is 5.70. The van der Waals surface area contributed by atoms with E-state index < -0.39 is 0 Å². The molecule has 1 heterocycles. The maximum absolute atomic E-state index is 11.8. The van der Waals surface area contributed by atoms with Crippen molar-refractivity contribution in [1.29, 1.82) is 0 Å². The lowest BCUT2D eigenvalue weighted by molar-refractivity contribution is -0.117. The second-order valence-electron chi connectivity index (χ2n) is 4.73. The third-order valence-electron chi connectivity index (χ3n) is 3.38. The highest BCUT2D eigenvalue weighted by Gasteiger charge is 2.21. The minimum absolute atomic E-state index is 0.0390. The third kappa shape index (κ3) is 3.70. The Kier molecular flexibility index (Phi) is 4.37. The van der Waals surface area contributed by atoms with Crippen LogP contribution < -0.4 is 5.32 Å². The van der Waals surface area contributed by atoms with E-state index in [1.54, 1.807) is 17.4 Å². The predicted molar refractivity (Wildman–Crippen MR) is 72.9 cm³/mol. The second kappa shape index (κ2) is 6.01. The zero-order valence-corrected chi connectivity index (χ0v) is 11.0. The van der Waals surface area contributed by atoms with E-state index in [1.165, 1.54) is 19.3 Å². The molecule has 17 heavy (non-hydrogen) atoms. The smallest absolute Gasteiger partial charge is 0.244 e. The normalized spacial score (nSPS) is 25.0. The van der Waals surface area contributed by atoms with Crippen molar-refractivity contribution in [3.63, 3.8) is 0 Å². The van der Waals surface area contributed by atoms with Gasteiger partial charge in [-0.1, -0.05) is 25.8 Å². The molecule has 0 spiro atoms. The summed E-state index contributed by atoms with van der Waals surface area (Å²) in [5.41, 5.74) is 0.